The van der Waals surface area contributed by atoms with Crippen LogP contribution in [0.25, 0.3) is 0 Å². The average molecular weight is 413 g/mol. The number of carbonyl (C=O) groups excluding carboxylic acids is 1. The zero-order valence-electron chi connectivity index (χ0n) is 17.0. The fourth-order valence-corrected chi connectivity index (χ4v) is 4.75. The van der Waals surface area contributed by atoms with Crippen molar-refractivity contribution in [3.05, 3.63) is 64.7 Å². The number of nitrogens with zero attached hydrogens (tertiary/aromatic N) is 1. The summed E-state index contributed by atoms with van der Waals surface area (Å²) >= 11 is 5.97. The Labute approximate surface area is 178 Å². The van der Waals surface area contributed by atoms with Crippen LogP contribution in [-0.4, -0.2) is 37.6 Å². The fraction of sp³-hybridized carbons (Fsp3) is 0.458. The zero-order valence-corrected chi connectivity index (χ0v) is 17.8. The van der Waals surface area contributed by atoms with Crippen LogP contribution in [0.1, 0.15) is 30.4 Å². The number of rotatable bonds is 7. The lowest BCUT2D eigenvalue weighted by molar-refractivity contribution is -0.123. The molecule has 0 aromatic heterocycles. The molecule has 0 bridgehead atoms. The predicted molar refractivity (Wildman–Crippen MR) is 116 cm³/mol. The third kappa shape index (κ3) is 4.76. The maximum atomic E-state index is 12.7. The fourth-order valence-electron chi connectivity index (χ4n) is 4.63. The minimum Gasteiger partial charge on any atom is -0.496 e. The van der Waals surface area contributed by atoms with Gasteiger partial charge in [-0.2, -0.15) is 0 Å². The van der Waals surface area contributed by atoms with Crippen molar-refractivity contribution in [2.24, 2.45) is 11.3 Å². The van der Waals surface area contributed by atoms with E-state index in [2.05, 4.69) is 28.4 Å². The summed E-state index contributed by atoms with van der Waals surface area (Å²) in [7, 11) is 1.69. The maximum Gasteiger partial charge on any atom is 0.223 e. The first kappa shape index (κ1) is 20.2. The molecule has 1 spiro atoms. The number of likely N-dealkylation sites (tertiary alicyclic amines) is 1. The Hall–Kier alpha value is -2.04. The van der Waals surface area contributed by atoms with Crippen LogP contribution in [0.4, 0.5) is 0 Å². The van der Waals surface area contributed by atoms with Crippen LogP contribution < -0.4 is 10.1 Å². The van der Waals surface area contributed by atoms with Crippen LogP contribution in [0.15, 0.2) is 48.5 Å². The molecular weight excluding hydrogens is 384 g/mol. The van der Waals surface area contributed by atoms with Gasteiger partial charge in [0.25, 0.3) is 0 Å². The molecule has 1 saturated carbocycles. The lowest BCUT2D eigenvalue weighted by Gasteiger charge is -2.32. The second kappa shape index (κ2) is 8.76. The van der Waals surface area contributed by atoms with Crippen LogP contribution >= 0.6 is 11.6 Å². The monoisotopic (exact) mass is 412 g/mol. The predicted octanol–water partition coefficient (Wildman–Crippen LogP) is 4.31. The largest absolute Gasteiger partial charge is 0.496 e. The quantitative estimate of drug-likeness (QED) is 0.736. The SMILES string of the molecule is COc1ccccc1CCNC(=O)C1CC12CCN(Cc1ccc(Cl)cc1)CC2. The molecule has 2 aromatic rings. The van der Waals surface area contributed by atoms with Gasteiger partial charge in [0.15, 0.2) is 0 Å². The molecule has 1 aliphatic carbocycles. The summed E-state index contributed by atoms with van der Waals surface area (Å²) < 4.78 is 5.39. The van der Waals surface area contributed by atoms with Crippen LogP contribution in [0, 0.1) is 11.3 Å². The molecular formula is C24H29ClN2O2. The van der Waals surface area contributed by atoms with Crippen LogP contribution in [0.3, 0.4) is 0 Å². The highest BCUT2D eigenvalue weighted by molar-refractivity contribution is 6.30. The molecule has 2 aliphatic rings. The Kier molecular flexibility index (Phi) is 6.12. The topological polar surface area (TPSA) is 41.6 Å². The molecule has 1 saturated heterocycles. The second-order valence-corrected chi connectivity index (χ2v) is 8.81. The highest BCUT2D eigenvalue weighted by Gasteiger charge is 2.58. The van der Waals surface area contributed by atoms with E-state index in [4.69, 9.17) is 16.3 Å². The van der Waals surface area contributed by atoms with E-state index in [1.54, 1.807) is 7.11 Å². The van der Waals surface area contributed by atoms with Gasteiger partial charge in [-0.15, -0.1) is 0 Å². The van der Waals surface area contributed by atoms with Crippen molar-refractivity contribution in [1.82, 2.24) is 10.2 Å². The van der Waals surface area contributed by atoms with Crippen molar-refractivity contribution in [2.75, 3.05) is 26.7 Å². The summed E-state index contributed by atoms with van der Waals surface area (Å²) in [5.41, 5.74) is 2.67. The van der Waals surface area contributed by atoms with Gasteiger partial charge >= 0.3 is 0 Å². The standard InChI is InChI=1S/C24H29ClN2O2/c1-29-22-5-3-2-4-19(22)10-13-26-23(28)21-16-24(21)11-14-27(15-12-24)17-18-6-8-20(25)9-7-18/h2-9,21H,10-17H2,1H3,(H,26,28). The third-order valence-corrected chi connectivity index (χ3v) is 6.82. The number of nitrogens with one attached hydrogen (secondary N) is 1. The first-order valence-electron chi connectivity index (χ1n) is 10.5. The Bertz CT molecular complexity index is 844. The van der Waals surface area contributed by atoms with Gasteiger partial charge in [0.1, 0.15) is 5.75 Å². The highest BCUT2D eigenvalue weighted by atomic mass is 35.5. The number of halogens is 1. The summed E-state index contributed by atoms with van der Waals surface area (Å²) in [6.07, 6.45) is 4.07. The number of ether oxygens (including phenoxy) is 1. The first-order valence-corrected chi connectivity index (χ1v) is 10.8. The Balaban J connectivity index is 1.21. The molecule has 154 valence electrons. The summed E-state index contributed by atoms with van der Waals surface area (Å²) in [6.45, 7) is 3.75. The number of amides is 1. The minimum absolute atomic E-state index is 0.192. The number of carbonyl (C=O) groups is 1. The van der Waals surface area contributed by atoms with Crippen LogP contribution in [0.5, 0.6) is 5.75 Å². The van der Waals surface area contributed by atoms with Crippen molar-refractivity contribution in [2.45, 2.75) is 32.2 Å². The van der Waals surface area contributed by atoms with E-state index in [0.717, 1.165) is 61.7 Å². The van der Waals surface area contributed by atoms with Crippen LogP contribution in [0.2, 0.25) is 5.02 Å². The molecule has 1 N–H and O–H groups in total. The third-order valence-electron chi connectivity index (χ3n) is 6.56. The van der Waals surface area contributed by atoms with E-state index in [0.29, 0.717) is 6.54 Å². The van der Waals surface area contributed by atoms with E-state index < -0.39 is 0 Å². The van der Waals surface area contributed by atoms with E-state index in [-0.39, 0.29) is 17.2 Å². The molecule has 1 unspecified atom stereocenters. The zero-order chi connectivity index (χ0) is 20.3. The summed E-state index contributed by atoms with van der Waals surface area (Å²) in [5, 5.41) is 3.93. The molecule has 0 radical (unpaired) electrons. The number of para-hydroxylation sites is 1. The summed E-state index contributed by atoms with van der Waals surface area (Å²) in [4.78, 5) is 15.1. The number of benzene rings is 2. The maximum absolute atomic E-state index is 12.7. The van der Waals surface area contributed by atoms with E-state index in [1.165, 1.54) is 5.56 Å². The van der Waals surface area contributed by atoms with Crippen molar-refractivity contribution in [1.29, 1.82) is 0 Å². The Morgan fingerprint density at radius 2 is 1.90 bits per heavy atom. The van der Waals surface area contributed by atoms with Gasteiger partial charge in [0.05, 0.1) is 7.11 Å². The van der Waals surface area contributed by atoms with Gasteiger partial charge in [-0.1, -0.05) is 41.9 Å². The molecule has 29 heavy (non-hydrogen) atoms. The number of piperidine rings is 1. The van der Waals surface area contributed by atoms with Gasteiger partial charge in [0.2, 0.25) is 5.91 Å². The molecule has 1 amide bonds. The lowest BCUT2D eigenvalue weighted by atomic mass is 9.90. The average Bonchev–Trinajstić information content (AvgIpc) is 3.45. The number of methoxy groups -OCH3 is 1. The minimum atomic E-state index is 0.192. The van der Waals surface area contributed by atoms with Crippen molar-refractivity contribution >= 4 is 17.5 Å². The summed E-state index contributed by atoms with van der Waals surface area (Å²) in [6, 6.07) is 16.1. The summed E-state index contributed by atoms with van der Waals surface area (Å²) in [5.74, 6) is 1.31. The molecule has 2 fully saturated rings. The van der Waals surface area contributed by atoms with Crippen molar-refractivity contribution in [3.8, 4) is 5.75 Å². The van der Waals surface area contributed by atoms with Crippen molar-refractivity contribution < 1.29 is 9.53 Å². The smallest absolute Gasteiger partial charge is 0.223 e. The second-order valence-electron chi connectivity index (χ2n) is 8.37. The van der Waals surface area contributed by atoms with Gasteiger partial charge in [-0.3, -0.25) is 9.69 Å². The first-order chi connectivity index (χ1) is 14.1. The van der Waals surface area contributed by atoms with Crippen molar-refractivity contribution in [3.63, 3.8) is 0 Å². The molecule has 5 heteroatoms. The van der Waals surface area contributed by atoms with Gasteiger partial charge in [0, 0.05) is 24.0 Å². The molecule has 1 heterocycles. The molecule has 4 rings (SSSR count). The number of hydrogen-bond donors (Lipinski definition) is 1. The van der Waals surface area contributed by atoms with E-state index in [9.17, 15) is 4.79 Å². The van der Waals surface area contributed by atoms with Gasteiger partial charge in [-0.25, -0.2) is 0 Å². The van der Waals surface area contributed by atoms with E-state index in [1.807, 2.05) is 30.3 Å². The molecule has 4 nitrogen and oxygen atoms in total. The molecule has 2 aromatic carbocycles. The number of hydrogen-bond acceptors (Lipinski definition) is 3. The highest BCUT2D eigenvalue weighted by Crippen LogP contribution is 2.59. The lowest BCUT2D eigenvalue weighted by Crippen LogP contribution is -2.37. The van der Waals surface area contributed by atoms with Gasteiger partial charge < -0.3 is 10.1 Å². The normalized spacial score (nSPS) is 20.4. The van der Waals surface area contributed by atoms with Gasteiger partial charge in [-0.05, 0) is 73.5 Å². The van der Waals surface area contributed by atoms with Crippen LogP contribution in [-0.2, 0) is 17.8 Å². The molecule has 1 aliphatic heterocycles. The molecule has 1 atom stereocenters. The van der Waals surface area contributed by atoms with E-state index >= 15 is 0 Å². The Morgan fingerprint density at radius 3 is 2.62 bits per heavy atom. The Morgan fingerprint density at radius 1 is 1.17 bits per heavy atom.